The summed E-state index contributed by atoms with van der Waals surface area (Å²) >= 11 is 4.84. The molecule has 0 spiro atoms. The summed E-state index contributed by atoms with van der Waals surface area (Å²) in [5.41, 5.74) is 5.49. The average molecular weight is 255 g/mol. The number of carbonyl (C=O) groups is 1. The van der Waals surface area contributed by atoms with Crippen molar-refractivity contribution >= 4 is 23.1 Å². The van der Waals surface area contributed by atoms with Gasteiger partial charge in [0.15, 0.2) is 5.82 Å². The van der Waals surface area contributed by atoms with Crippen LogP contribution in [0.1, 0.15) is 26.1 Å². The Morgan fingerprint density at radius 3 is 2.88 bits per heavy atom. The predicted octanol–water partition coefficient (Wildman–Crippen LogP) is 0.226. The molecule has 0 aliphatic carbocycles. The maximum absolute atomic E-state index is 11.8. The fraction of sp³-hybridized carbons (Fsp3) is 0.600. The highest BCUT2D eigenvalue weighted by atomic mass is 32.1. The molecule has 94 valence electrons. The van der Waals surface area contributed by atoms with E-state index in [0.29, 0.717) is 13.0 Å². The van der Waals surface area contributed by atoms with Crippen molar-refractivity contribution in [3.8, 4) is 0 Å². The number of amides is 1. The lowest BCUT2D eigenvalue weighted by molar-refractivity contribution is -0.123. The number of thiocarbonyl (C=S) groups is 1. The fourth-order valence-electron chi connectivity index (χ4n) is 1.49. The lowest BCUT2D eigenvalue weighted by Crippen LogP contribution is -2.37. The molecule has 7 heteroatoms. The van der Waals surface area contributed by atoms with E-state index in [1.165, 1.54) is 0 Å². The monoisotopic (exact) mass is 255 g/mol. The quantitative estimate of drug-likeness (QED) is 0.711. The Hall–Kier alpha value is -1.50. The van der Waals surface area contributed by atoms with Gasteiger partial charge in [0.2, 0.25) is 5.91 Å². The van der Waals surface area contributed by atoms with Crippen LogP contribution in [0.5, 0.6) is 0 Å². The second kappa shape index (κ2) is 6.29. The largest absolute Gasteiger partial charge is 0.393 e. The van der Waals surface area contributed by atoms with Crippen LogP contribution >= 0.6 is 12.2 Å². The number of nitrogens with two attached hydrogens (primary N) is 1. The second-order valence-electron chi connectivity index (χ2n) is 3.61. The molecule has 1 unspecified atom stereocenters. The van der Waals surface area contributed by atoms with Gasteiger partial charge >= 0.3 is 0 Å². The number of aromatic nitrogens is 3. The van der Waals surface area contributed by atoms with Gasteiger partial charge in [-0.1, -0.05) is 19.1 Å². The topological polar surface area (TPSA) is 85.8 Å². The average Bonchev–Trinajstić information content (AvgIpc) is 2.74. The summed E-state index contributed by atoms with van der Waals surface area (Å²) in [5.74, 6) is 0.146. The molecule has 0 fully saturated rings. The summed E-state index contributed by atoms with van der Waals surface area (Å²) in [7, 11) is 0. The van der Waals surface area contributed by atoms with Crippen molar-refractivity contribution in [2.75, 3.05) is 0 Å². The van der Waals surface area contributed by atoms with Crippen LogP contribution in [0.3, 0.4) is 0 Å². The molecule has 1 aromatic rings. The minimum atomic E-state index is -0.414. The van der Waals surface area contributed by atoms with Gasteiger partial charge in [0.25, 0.3) is 0 Å². The number of carbonyl (C=O) groups excluding carboxylic acids is 1. The summed E-state index contributed by atoms with van der Waals surface area (Å²) in [5, 5.41) is 10.5. The first-order valence-electron chi connectivity index (χ1n) is 5.53. The van der Waals surface area contributed by atoms with E-state index in [0.717, 1.165) is 12.4 Å². The van der Waals surface area contributed by atoms with Crippen molar-refractivity contribution in [2.45, 2.75) is 33.4 Å². The number of rotatable bonds is 6. The molecule has 0 aromatic carbocycles. The van der Waals surface area contributed by atoms with Gasteiger partial charge in [-0.3, -0.25) is 4.79 Å². The van der Waals surface area contributed by atoms with Crippen molar-refractivity contribution in [3.63, 3.8) is 0 Å². The molecule has 6 nitrogen and oxygen atoms in total. The SMILES string of the molecule is CCC(C(=O)NCc1nncn1CC)C(N)=S. The number of nitrogens with zero attached hydrogens (tertiary/aromatic N) is 3. The standard InChI is InChI=1S/C10H17N5OS/c1-3-7(9(11)17)10(16)12-5-8-14-13-6-15(8)4-2/h6-7H,3-5H2,1-2H3,(H2,11,17)(H,12,16). The van der Waals surface area contributed by atoms with Crippen molar-refractivity contribution in [1.29, 1.82) is 0 Å². The third-order valence-electron chi connectivity index (χ3n) is 2.53. The molecule has 1 heterocycles. The Balaban J connectivity index is 2.56. The lowest BCUT2D eigenvalue weighted by Gasteiger charge is -2.13. The Morgan fingerprint density at radius 1 is 1.65 bits per heavy atom. The van der Waals surface area contributed by atoms with Crippen molar-refractivity contribution in [2.24, 2.45) is 11.7 Å². The third-order valence-corrected chi connectivity index (χ3v) is 2.81. The van der Waals surface area contributed by atoms with Crippen LogP contribution in [0, 0.1) is 5.92 Å². The molecule has 0 saturated heterocycles. The minimum absolute atomic E-state index is 0.161. The van der Waals surface area contributed by atoms with Gasteiger partial charge in [0.05, 0.1) is 17.5 Å². The van der Waals surface area contributed by atoms with Crippen LogP contribution < -0.4 is 11.1 Å². The summed E-state index contributed by atoms with van der Waals surface area (Å²) in [6.45, 7) is 4.97. The smallest absolute Gasteiger partial charge is 0.230 e. The van der Waals surface area contributed by atoms with Crippen LogP contribution in [0.15, 0.2) is 6.33 Å². The third kappa shape index (κ3) is 3.48. The lowest BCUT2D eigenvalue weighted by atomic mass is 10.1. The van der Waals surface area contributed by atoms with E-state index in [9.17, 15) is 4.79 Å². The van der Waals surface area contributed by atoms with E-state index in [2.05, 4.69) is 15.5 Å². The molecular formula is C10H17N5OS. The van der Waals surface area contributed by atoms with Crippen molar-refractivity contribution < 1.29 is 4.79 Å². The molecule has 0 radical (unpaired) electrons. The summed E-state index contributed by atoms with van der Waals surface area (Å²) < 4.78 is 1.86. The Morgan fingerprint density at radius 2 is 2.35 bits per heavy atom. The molecule has 1 atom stereocenters. The molecule has 1 aromatic heterocycles. The highest BCUT2D eigenvalue weighted by molar-refractivity contribution is 7.80. The van der Waals surface area contributed by atoms with Crippen LogP contribution in [0.25, 0.3) is 0 Å². The number of aryl methyl sites for hydroxylation is 1. The first-order valence-corrected chi connectivity index (χ1v) is 5.94. The van der Waals surface area contributed by atoms with E-state index >= 15 is 0 Å². The predicted molar refractivity (Wildman–Crippen MR) is 68.1 cm³/mol. The maximum atomic E-state index is 11.8. The summed E-state index contributed by atoms with van der Waals surface area (Å²) in [6.07, 6.45) is 2.23. The van der Waals surface area contributed by atoms with E-state index in [-0.39, 0.29) is 10.9 Å². The van der Waals surface area contributed by atoms with E-state index in [1.807, 2.05) is 18.4 Å². The van der Waals surface area contributed by atoms with Crippen molar-refractivity contribution in [3.05, 3.63) is 12.2 Å². The molecule has 3 N–H and O–H groups in total. The normalized spacial score (nSPS) is 12.1. The van der Waals surface area contributed by atoms with E-state index in [4.69, 9.17) is 18.0 Å². The first kappa shape index (κ1) is 13.6. The Bertz CT molecular complexity index is 403. The molecule has 1 amide bonds. The molecule has 1 rings (SSSR count). The Labute approximate surface area is 106 Å². The fourth-order valence-corrected chi connectivity index (χ4v) is 1.76. The van der Waals surface area contributed by atoms with Gasteiger partial charge in [-0.05, 0) is 13.3 Å². The second-order valence-corrected chi connectivity index (χ2v) is 4.09. The minimum Gasteiger partial charge on any atom is -0.393 e. The zero-order chi connectivity index (χ0) is 12.8. The van der Waals surface area contributed by atoms with Gasteiger partial charge in [-0.25, -0.2) is 0 Å². The number of hydrogen-bond donors (Lipinski definition) is 2. The number of hydrogen-bond acceptors (Lipinski definition) is 4. The molecular weight excluding hydrogens is 238 g/mol. The zero-order valence-electron chi connectivity index (χ0n) is 10.0. The van der Waals surface area contributed by atoms with Crippen LogP contribution in [0.2, 0.25) is 0 Å². The molecule has 0 aliphatic rings. The van der Waals surface area contributed by atoms with E-state index in [1.54, 1.807) is 6.33 Å². The first-order chi connectivity index (χ1) is 8.10. The van der Waals surface area contributed by atoms with Crippen molar-refractivity contribution in [1.82, 2.24) is 20.1 Å². The van der Waals surface area contributed by atoms with Gasteiger partial charge < -0.3 is 15.6 Å². The Kier molecular flexibility index (Phi) is 5.02. The van der Waals surface area contributed by atoms with Crippen LogP contribution in [0.4, 0.5) is 0 Å². The highest BCUT2D eigenvalue weighted by Crippen LogP contribution is 2.03. The molecule has 0 saturated carbocycles. The van der Waals surface area contributed by atoms with Gasteiger partial charge in [0.1, 0.15) is 6.33 Å². The zero-order valence-corrected chi connectivity index (χ0v) is 10.8. The molecule has 0 aliphatic heterocycles. The van der Waals surface area contributed by atoms with Gasteiger partial charge in [0, 0.05) is 6.54 Å². The maximum Gasteiger partial charge on any atom is 0.230 e. The molecule has 17 heavy (non-hydrogen) atoms. The number of nitrogens with one attached hydrogen (secondary N) is 1. The van der Waals surface area contributed by atoms with Crippen LogP contribution in [-0.2, 0) is 17.9 Å². The summed E-state index contributed by atoms with van der Waals surface area (Å²) in [6, 6.07) is 0. The molecule has 0 bridgehead atoms. The van der Waals surface area contributed by atoms with E-state index < -0.39 is 5.92 Å². The van der Waals surface area contributed by atoms with Gasteiger partial charge in [-0.15, -0.1) is 10.2 Å². The summed E-state index contributed by atoms with van der Waals surface area (Å²) in [4.78, 5) is 12.0. The van der Waals surface area contributed by atoms with Gasteiger partial charge in [-0.2, -0.15) is 0 Å². The van der Waals surface area contributed by atoms with Crippen LogP contribution in [-0.4, -0.2) is 25.7 Å². The highest BCUT2D eigenvalue weighted by Gasteiger charge is 2.19.